The first-order valence-corrected chi connectivity index (χ1v) is 10.9. The lowest BCUT2D eigenvalue weighted by Crippen LogP contribution is -2.44. The van der Waals surface area contributed by atoms with Crippen LogP contribution in [-0.2, 0) is 4.74 Å². The van der Waals surface area contributed by atoms with Crippen molar-refractivity contribution in [1.29, 1.82) is 0 Å². The summed E-state index contributed by atoms with van der Waals surface area (Å²) in [6.07, 6.45) is 5.65. The number of morpholine rings is 1. The minimum atomic E-state index is 0.251. The Bertz CT molecular complexity index is 1420. The Labute approximate surface area is 185 Å². The number of aromatic amines is 2. The smallest absolute Gasteiger partial charge is 0.130 e. The number of hydrogen-bond acceptors (Lipinski definition) is 5. The van der Waals surface area contributed by atoms with Gasteiger partial charge in [0, 0.05) is 36.0 Å². The Balaban J connectivity index is 1.66. The summed E-state index contributed by atoms with van der Waals surface area (Å²) in [7, 11) is 0. The zero-order chi connectivity index (χ0) is 21.7. The van der Waals surface area contributed by atoms with Gasteiger partial charge in [-0.05, 0) is 60.2 Å². The number of benzene rings is 1. The molecule has 1 aliphatic rings. The first-order valence-electron chi connectivity index (χ1n) is 10.9. The van der Waals surface area contributed by atoms with Crippen LogP contribution in [0.15, 0.2) is 55.0 Å². The second kappa shape index (κ2) is 7.46. The quantitative estimate of drug-likeness (QED) is 0.439. The van der Waals surface area contributed by atoms with E-state index in [-0.39, 0.29) is 6.04 Å². The fraction of sp³-hybridized carbons (Fsp3) is 0.240. The summed E-state index contributed by atoms with van der Waals surface area (Å²) in [6, 6.07) is 13.1. The van der Waals surface area contributed by atoms with Crippen LogP contribution in [0.3, 0.4) is 0 Å². The van der Waals surface area contributed by atoms with Gasteiger partial charge in [-0.2, -0.15) is 5.10 Å². The number of nitrogens with one attached hydrogen (secondary N) is 2. The fourth-order valence-electron chi connectivity index (χ4n) is 4.63. The van der Waals surface area contributed by atoms with Crippen LogP contribution in [0.4, 0.5) is 5.82 Å². The maximum atomic E-state index is 5.68. The molecule has 5 heterocycles. The molecule has 1 saturated heterocycles. The summed E-state index contributed by atoms with van der Waals surface area (Å²) in [5, 5.41) is 9.51. The van der Waals surface area contributed by atoms with Crippen molar-refractivity contribution < 1.29 is 4.74 Å². The lowest BCUT2D eigenvalue weighted by molar-refractivity contribution is 0.0986. The van der Waals surface area contributed by atoms with Gasteiger partial charge in [-0.15, -0.1) is 0 Å². The second-order valence-electron chi connectivity index (χ2n) is 8.41. The lowest BCUT2D eigenvalue weighted by Gasteiger charge is -2.34. The van der Waals surface area contributed by atoms with E-state index in [2.05, 4.69) is 64.3 Å². The number of nitrogens with zero attached hydrogens (tertiary/aromatic N) is 4. The molecule has 0 amide bonds. The maximum Gasteiger partial charge on any atom is 0.130 e. The molecule has 32 heavy (non-hydrogen) atoms. The van der Waals surface area contributed by atoms with E-state index in [1.54, 1.807) is 6.20 Å². The highest BCUT2D eigenvalue weighted by atomic mass is 16.5. The van der Waals surface area contributed by atoms with Crippen molar-refractivity contribution in [3.63, 3.8) is 0 Å². The number of fused-ring (bicyclic) bond motifs is 2. The van der Waals surface area contributed by atoms with Crippen molar-refractivity contribution in [2.24, 2.45) is 0 Å². The topological polar surface area (TPSA) is 82.7 Å². The molecule has 0 spiro atoms. The Morgan fingerprint density at radius 1 is 1.16 bits per heavy atom. The normalized spacial score (nSPS) is 16.8. The molecule has 1 unspecified atom stereocenters. The summed E-state index contributed by atoms with van der Waals surface area (Å²) in [5.74, 6) is 0.947. The van der Waals surface area contributed by atoms with E-state index in [1.807, 2.05) is 18.5 Å². The number of rotatable bonds is 3. The molecule has 0 aliphatic carbocycles. The number of aromatic nitrogens is 5. The monoisotopic (exact) mass is 424 g/mol. The Morgan fingerprint density at radius 3 is 2.94 bits per heavy atom. The molecule has 0 saturated carbocycles. The number of anilines is 1. The second-order valence-corrected chi connectivity index (χ2v) is 8.41. The minimum absolute atomic E-state index is 0.251. The van der Waals surface area contributed by atoms with E-state index < -0.39 is 0 Å². The average Bonchev–Trinajstić information content (AvgIpc) is 3.51. The van der Waals surface area contributed by atoms with E-state index in [9.17, 15) is 0 Å². The molecule has 0 radical (unpaired) electrons. The van der Waals surface area contributed by atoms with Gasteiger partial charge >= 0.3 is 0 Å². The third-order valence-electron chi connectivity index (χ3n) is 6.30. The largest absolute Gasteiger partial charge is 0.377 e. The van der Waals surface area contributed by atoms with Gasteiger partial charge < -0.3 is 14.6 Å². The lowest BCUT2D eigenvalue weighted by atomic mass is 9.96. The average molecular weight is 425 g/mol. The molecule has 7 heteroatoms. The van der Waals surface area contributed by atoms with Gasteiger partial charge in [0.25, 0.3) is 0 Å². The SMILES string of the molecule is Cc1cnc(-c2ccn[nH]2)c2nc(N3CCOCC3C)cc(-c3ccc4cc[nH]c4c3)c12. The number of ether oxygens (including phenoxy) is 1. The van der Waals surface area contributed by atoms with Crippen LogP contribution >= 0.6 is 0 Å². The van der Waals surface area contributed by atoms with Crippen molar-refractivity contribution in [2.45, 2.75) is 19.9 Å². The first kappa shape index (κ1) is 19.0. The number of hydrogen-bond donors (Lipinski definition) is 2. The third kappa shape index (κ3) is 3.05. The maximum absolute atomic E-state index is 5.68. The molecule has 5 aromatic rings. The van der Waals surface area contributed by atoms with E-state index >= 15 is 0 Å². The Morgan fingerprint density at radius 2 is 2.09 bits per heavy atom. The summed E-state index contributed by atoms with van der Waals surface area (Å²) >= 11 is 0. The van der Waals surface area contributed by atoms with Gasteiger partial charge in [-0.3, -0.25) is 10.1 Å². The molecular formula is C25H24N6O. The Hall–Kier alpha value is -3.71. The molecule has 160 valence electrons. The summed E-state index contributed by atoms with van der Waals surface area (Å²) < 4.78 is 5.68. The van der Waals surface area contributed by atoms with Crippen molar-refractivity contribution in [3.05, 3.63) is 60.6 Å². The van der Waals surface area contributed by atoms with Gasteiger partial charge in [0.05, 0.1) is 24.9 Å². The summed E-state index contributed by atoms with van der Waals surface area (Å²) in [6.45, 7) is 6.49. The highest BCUT2D eigenvalue weighted by Gasteiger charge is 2.24. The van der Waals surface area contributed by atoms with Crippen LogP contribution in [-0.4, -0.2) is 50.9 Å². The molecule has 0 bridgehead atoms. The van der Waals surface area contributed by atoms with Gasteiger partial charge in [-0.25, -0.2) is 4.98 Å². The van der Waals surface area contributed by atoms with Crippen LogP contribution < -0.4 is 4.90 Å². The van der Waals surface area contributed by atoms with Crippen molar-refractivity contribution in [2.75, 3.05) is 24.7 Å². The zero-order valence-electron chi connectivity index (χ0n) is 18.1. The molecule has 1 aromatic carbocycles. The van der Waals surface area contributed by atoms with Crippen LogP contribution in [0.2, 0.25) is 0 Å². The summed E-state index contributed by atoms with van der Waals surface area (Å²) in [4.78, 5) is 15.6. The highest BCUT2D eigenvalue weighted by Crippen LogP contribution is 2.38. The summed E-state index contributed by atoms with van der Waals surface area (Å²) in [5.41, 5.74) is 7.08. The van der Waals surface area contributed by atoms with Gasteiger partial charge in [-0.1, -0.05) is 12.1 Å². The predicted molar refractivity (Wildman–Crippen MR) is 127 cm³/mol. The molecule has 4 aromatic heterocycles. The standard InChI is InChI=1S/C25H24N6O/c1-15-13-27-24(20-6-8-28-30-20)25-23(15)19(18-4-3-17-5-7-26-21(17)11-18)12-22(29-25)31-9-10-32-14-16(31)2/h3-8,11-13,16,26H,9-10,14H2,1-2H3,(H,28,30). The van der Waals surface area contributed by atoms with Gasteiger partial charge in [0.2, 0.25) is 0 Å². The van der Waals surface area contributed by atoms with Gasteiger partial charge in [0.15, 0.2) is 0 Å². The number of H-pyrrole nitrogens is 2. The van der Waals surface area contributed by atoms with Crippen LogP contribution in [0.5, 0.6) is 0 Å². The molecular weight excluding hydrogens is 400 g/mol. The predicted octanol–water partition coefficient (Wildman–Crippen LogP) is 4.70. The number of aryl methyl sites for hydroxylation is 1. The minimum Gasteiger partial charge on any atom is -0.377 e. The molecule has 7 nitrogen and oxygen atoms in total. The van der Waals surface area contributed by atoms with Crippen LogP contribution in [0.1, 0.15) is 12.5 Å². The van der Waals surface area contributed by atoms with E-state index in [0.29, 0.717) is 13.2 Å². The van der Waals surface area contributed by atoms with Crippen LogP contribution in [0, 0.1) is 6.92 Å². The Kier molecular flexibility index (Phi) is 4.43. The van der Waals surface area contributed by atoms with Crippen LogP contribution in [0.25, 0.3) is 44.3 Å². The van der Waals surface area contributed by atoms with E-state index in [0.717, 1.165) is 56.9 Å². The van der Waals surface area contributed by atoms with Crippen molar-refractivity contribution in [1.82, 2.24) is 25.1 Å². The first-order chi connectivity index (χ1) is 15.7. The van der Waals surface area contributed by atoms with Gasteiger partial charge in [0.1, 0.15) is 17.0 Å². The van der Waals surface area contributed by atoms with E-state index in [4.69, 9.17) is 14.7 Å². The molecule has 6 rings (SSSR count). The molecule has 1 fully saturated rings. The van der Waals surface area contributed by atoms with E-state index in [1.165, 1.54) is 5.39 Å². The molecule has 1 aliphatic heterocycles. The van der Waals surface area contributed by atoms with Crippen molar-refractivity contribution >= 4 is 27.6 Å². The molecule has 1 atom stereocenters. The van der Waals surface area contributed by atoms with Crippen molar-refractivity contribution in [3.8, 4) is 22.5 Å². The number of pyridine rings is 2. The highest BCUT2D eigenvalue weighted by molar-refractivity contribution is 6.04. The molecule has 2 N–H and O–H groups in total. The fourth-order valence-corrected chi connectivity index (χ4v) is 4.63. The third-order valence-corrected chi connectivity index (χ3v) is 6.30. The zero-order valence-corrected chi connectivity index (χ0v) is 18.1.